The van der Waals surface area contributed by atoms with E-state index in [1.807, 2.05) is 4.90 Å². The Hall–Kier alpha value is -2.94. The fourth-order valence-corrected chi connectivity index (χ4v) is 4.50. The van der Waals surface area contributed by atoms with E-state index < -0.39 is 5.54 Å². The Morgan fingerprint density at radius 1 is 1.32 bits per heavy atom. The fraction of sp³-hybridized carbons (Fsp3) is 0.389. The lowest BCUT2D eigenvalue weighted by molar-refractivity contribution is -0.0912. The van der Waals surface area contributed by atoms with E-state index >= 15 is 0 Å². The van der Waals surface area contributed by atoms with Crippen LogP contribution >= 0.6 is 11.6 Å². The summed E-state index contributed by atoms with van der Waals surface area (Å²) in [5.74, 6) is 1.03. The van der Waals surface area contributed by atoms with Crippen molar-refractivity contribution in [2.24, 2.45) is 0 Å². The molecular formula is C18H18ClN7O2. The summed E-state index contributed by atoms with van der Waals surface area (Å²) in [5.41, 5.74) is 0.701. The smallest absolute Gasteiger partial charge is 0.323 e. The molecule has 0 radical (unpaired) electrons. The van der Waals surface area contributed by atoms with E-state index in [0.717, 1.165) is 25.7 Å². The molecule has 10 heteroatoms. The van der Waals surface area contributed by atoms with Crippen molar-refractivity contribution < 1.29 is 9.21 Å². The average molecular weight is 400 g/mol. The van der Waals surface area contributed by atoms with Gasteiger partial charge in [0.15, 0.2) is 0 Å². The number of hydrogen-bond donors (Lipinski definition) is 1. The van der Waals surface area contributed by atoms with Crippen molar-refractivity contribution in [2.45, 2.75) is 44.2 Å². The molecule has 28 heavy (non-hydrogen) atoms. The van der Waals surface area contributed by atoms with Gasteiger partial charge >= 0.3 is 6.03 Å². The molecule has 9 nitrogen and oxygen atoms in total. The first-order valence-electron chi connectivity index (χ1n) is 9.14. The van der Waals surface area contributed by atoms with Gasteiger partial charge in [0.2, 0.25) is 11.8 Å². The van der Waals surface area contributed by atoms with Crippen LogP contribution in [0.4, 0.5) is 10.5 Å². The van der Waals surface area contributed by atoms with Crippen LogP contribution < -0.4 is 5.32 Å². The highest BCUT2D eigenvalue weighted by molar-refractivity contribution is 6.32. The van der Waals surface area contributed by atoms with E-state index in [4.69, 9.17) is 16.0 Å². The summed E-state index contributed by atoms with van der Waals surface area (Å²) in [6.45, 7) is 1.76. The molecule has 144 valence electrons. The number of likely N-dealkylation sites (tertiary alicyclic amines) is 1. The molecule has 2 bridgehead atoms. The number of amides is 2. The fourth-order valence-electron chi connectivity index (χ4n) is 4.31. The van der Waals surface area contributed by atoms with Gasteiger partial charge in [0.1, 0.15) is 11.2 Å². The SMILES string of the molecule is Cc1nnc(C23CCCC(C2)N3C(=O)Nc2ccc(Cl)c(-n3nccn3)c2)o1. The zero-order chi connectivity index (χ0) is 19.3. The van der Waals surface area contributed by atoms with E-state index in [9.17, 15) is 4.79 Å². The van der Waals surface area contributed by atoms with Gasteiger partial charge in [-0.05, 0) is 37.5 Å². The van der Waals surface area contributed by atoms with E-state index in [-0.39, 0.29) is 12.1 Å². The number of aryl methyl sites for hydroxylation is 1. The lowest BCUT2D eigenvalue weighted by Crippen LogP contribution is -2.69. The first-order valence-corrected chi connectivity index (χ1v) is 9.52. The first kappa shape index (κ1) is 17.2. The van der Waals surface area contributed by atoms with Crippen LogP contribution in [0.3, 0.4) is 0 Å². The summed E-state index contributed by atoms with van der Waals surface area (Å²) < 4.78 is 5.70. The van der Waals surface area contributed by atoms with Gasteiger partial charge in [-0.3, -0.25) is 0 Å². The Labute approximate surface area is 165 Å². The largest absolute Gasteiger partial charge is 0.423 e. The van der Waals surface area contributed by atoms with E-state index in [2.05, 4.69) is 25.7 Å². The van der Waals surface area contributed by atoms with E-state index in [0.29, 0.717) is 28.2 Å². The molecular weight excluding hydrogens is 382 g/mol. The molecule has 3 heterocycles. The van der Waals surface area contributed by atoms with Crippen molar-refractivity contribution in [3.8, 4) is 5.69 Å². The third-order valence-corrected chi connectivity index (χ3v) is 5.82. The van der Waals surface area contributed by atoms with Crippen molar-refractivity contribution >= 4 is 23.3 Å². The quantitative estimate of drug-likeness (QED) is 0.725. The number of carbonyl (C=O) groups excluding carboxylic acids is 1. The number of anilines is 1. The van der Waals surface area contributed by atoms with Gasteiger partial charge in [0.05, 0.1) is 17.4 Å². The highest BCUT2D eigenvalue weighted by Gasteiger charge is 2.60. The molecule has 1 aliphatic carbocycles. The number of aromatic nitrogens is 5. The van der Waals surface area contributed by atoms with Gasteiger partial charge in [-0.25, -0.2) is 4.79 Å². The van der Waals surface area contributed by atoms with Gasteiger partial charge in [0, 0.05) is 25.1 Å². The number of benzene rings is 1. The molecule has 1 aliphatic heterocycles. The lowest BCUT2D eigenvalue weighted by atomic mass is 9.68. The number of rotatable bonds is 3. The monoisotopic (exact) mass is 399 g/mol. The number of carbonyl (C=O) groups is 1. The highest BCUT2D eigenvalue weighted by Crippen LogP contribution is 2.53. The van der Waals surface area contributed by atoms with Gasteiger partial charge in [-0.1, -0.05) is 11.6 Å². The van der Waals surface area contributed by atoms with E-state index in [1.165, 1.54) is 4.80 Å². The average Bonchev–Trinajstić information content (AvgIpc) is 3.35. The maximum Gasteiger partial charge on any atom is 0.323 e. The number of fused-ring (bicyclic) bond motifs is 2. The highest BCUT2D eigenvalue weighted by atomic mass is 35.5. The standard InChI is InChI=1S/C18H18ClN7O2/c1-11-23-24-16(28-11)18-6-2-3-13(10-18)25(18)17(27)22-12-4-5-14(19)15(9-12)26-20-7-8-21-26/h4-5,7-9,13H,2-3,6,10H2,1H3,(H,22,27). The Morgan fingerprint density at radius 3 is 2.86 bits per heavy atom. The van der Waals surface area contributed by atoms with Gasteiger partial charge in [-0.15, -0.1) is 10.2 Å². The predicted molar refractivity (Wildman–Crippen MR) is 100 cm³/mol. The molecule has 2 amide bonds. The summed E-state index contributed by atoms with van der Waals surface area (Å²) in [7, 11) is 0. The number of urea groups is 1. The zero-order valence-electron chi connectivity index (χ0n) is 15.2. The minimum Gasteiger partial charge on any atom is -0.423 e. The second-order valence-electron chi connectivity index (χ2n) is 7.19. The molecule has 3 aromatic rings. The van der Waals surface area contributed by atoms with Crippen LogP contribution in [-0.2, 0) is 5.54 Å². The molecule has 2 aromatic heterocycles. The summed E-state index contributed by atoms with van der Waals surface area (Å²) in [4.78, 5) is 16.4. The number of hydrogen-bond acceptors (Lipinski definition) is 6. The van der Waals surface area contributed by atoms with Gasteiger partial charge < -0.3 is 14.6 Å². The normalized spacial score (nSPS) is 23.4. The zero-order valence-corrected chi connectivity index (χ0v) is 15.9. The van der Waals surface area contributed by atoms with Crippen molar-refractivity contribution in [3.05, 3.63) is 47.4 Å². The van der Waals surface area contributed by atoms with E-state index in [1.54, 1.807) is 37.5 Å². The molecule has 1 aromatic carbocycles. The molecule has 2 fully saturated rings. The molecule has 2 unspecified atom stereocenters. The summed E-state index contributed by atoms with van der Waals surface area (Å²) in [6.07, 6.45) is 6.82. The maximum atomic E-state index is 13.1. The molecule has 5 rings (SSSR count). The van der Waals surface area contributed by atoms with Crippen molar-refractivity contribution in [2.75, 3.05) is 5.32 Å². The number of nitrogens with zero attached hydrogens (tertiary/aromatic N) is 6. The Kier molecular flexibility index (Phi) is 3.87. The second-order valence-corrected chi connectivity index (χ2v) is 7.60. The molecule has 2 aliphatic rings. The van der Waals surface area contributed by atoms with Crippen molar-refractivity contribution in [1.29, 1.82) is 0 Å². The van der Waals surface area contributed by atoms with Gasteiger partial charge in [-0.2, -0.15) is 15.0 Å². The number of nitrogens with one attached hydrogen (secondary N) is 1. The minimum absolute atomic E-state index is 0.181. The summed E-state index contributed by atoms with van der Waals surface area (Å²) >= 11 is 6.26. The Bertz CT molecular complexity index is 1030. The van der Waals surface area contributed by atoms with Gasteiger partial charge in [0.25, 0.3) is 0 Å². The Morgan fingerprint density at radius 2 is 2.14 bits per heavy atom. The first-order chi connectivity index (χ1) is 13.6. The van der Waals surface area contributed by atoms with Crippen molar-refractivity contribution in [3.63, 3.8) is 0 Å². The molecule has 1 saturated heterocycles. The van der Waals surface area contributed by atoms with Crippen LogP contribution in [-0.4, -0.2) is 42.2 Å². The Balaban J connectivity index is 1.42. The predicted octanol–water partition coefficient (Wildman–Crippen LogP) is 3.30. The molecule has 0 spiro atoms. The van der Waals surface area contributed by atoms with Crippen LogP contribution in [0.25, 0.3) is 5.69 Å². The topological polar surface area (TPSA) is 102 Å². The van der Waals surface area contributed by atoms with Crippen molar-refractivity contribution in [1.82, 2.24) is 30.1 Å². The van der Waals surface area contributed by atoms with Crippen LogP contribution in [0.1, 0.15) is 37.5 Å². The lowest BCUT2D eigenvalue weighted by Gasteiger charge is -2.59. The summed E-state index contributed by atoms with van der Waals surface area (Å²) in [6, 6.07) is 5.21. The maximum absolute atomic E-state index is 13.1. The number of piperidine rings is 1. The molecule has 1 N–H and O–H groups in total. The van der Waals surface area contributed by atoms with Crippen LogP contribution in [0.2, 0.25) is 5.02 Å². The molecule has 2 atom stereocenters. The third-order valence-electron chi connectivity index (χ3n) is 5.50. The van der Waals surface area contributed by atoms with Crippen LogP contribution in [0, 0.1) is 6.92 Å². The second kappa shape index (κ2) is 6.30. The molecule has 1 saturated carbocycles. The minimum atomic E-state index is -0.507. The number of halogens is 1. The van der Waals surface area contributed by atoms with Crippen LogP contribution in [0.15, 0.2) is 35.0 Å². The summed E-state index contributed by atoms with van der Waals surface area (Å²) in [5, 5.41) is 19.8. The van der Waals surface area contributed by atoms with Crippen LogP contribution in [0.5, 0.6) is 0 Å². The third kappa shape index (κ3) is 2.57.